The van der Waals surface area contributed by atoms with E-state index in [2.05, 4.69) is 15.5 Å². The lowest BCUT2D eigenvalue weighted by atomic mass is 10.2. The third-order valence-electron chi connectivity index (χ3n) is 4.92. The number of fused-ring (bicyclic) bond motifs is 1. The van der Waals surface area contributed by atoms with Gasteiger partial charge in [0.05, 0.1) is 0 Å². The number of hydrogen-bond donors (Lipinski definition) is 1. The smallest absolute Gasteiger partial charge is 0.263 e. The predicted octanol–water partition coefficient (Wildman–Crippen LogP) is 3.11. The highest BCUT2D eigenvalue weighted by atomic mass is 19.1. The lowest BCUT2D eigenvalue weighted by Gasteiger charge is -2.19. The number of pyridine rings is 1. The van der Waals surface area contributed by atoms with Crippen molar-refractivity contribution in [3.05, 3.63) is 77.0 Å². The minimum Gasteiger partial charge on any atom is -0.486 e. The first-order chi connectivity index (χ1) is 16.1. The Labute approximate surface area is 186 Å². The molecule has 0 unspecified atom stereocenters. The number of nitrogens with one attached hydrogen (secondary N) is 1. The number of amides is 1. The summed E-state index contributed by atoms with van der Waals surface area (Å²) in [5, 5.41) is 6.60. The van der Waals surface area contributed by atoms with Crippen LogP contribution >= 0.6 is 0 Å². The van der Waals surface area contributed by atoms with Gasteiger partial charge in [-0.2, -0.15) is 4.98 Å². The second-order valence-corrected chi connectivity index (χ2v) is 7.19. The molecule has 0 bridgehead atoms. The summed E-state index contributed by atoms with van der Waals surface area (Å²) in [7, 11) is 0. The molecule has 1 aliphatic rings. The molecule has 2 aromatic heterocycles. The molecule has 0 aliphatic carbocycles. The molecule has 166 valence electrons. The van der Waals surface area contributed by atoms with Crippen LogP contribution in [0.15, 0.2) is 70.1 Å². The third-order valence-corrected chi connectivity index (χ3v) is 4.92. The van der Waals surface area contributed by atoms with E-state index in [0.717, 1.165) is 0 Å². The molecule has 0 saturated carbocycles. The quantitative estimate of drug-likeness (QED) is 0.500. The van der Waals surface area contributed by atoms with E-state index in [-0.39, 0.29) is 29.6 Å². The lowest BCUT2D eigenvalue weighted by molar-refractivity contribution is -0.116. The van der Waals surface area contributed by atoms with Crippen molar-refractivity contribution in [2.75, 3.05) is 18.5 Å². The van der Waals surface area contributed by atoms with Crippen LogP contribution in [0.5, 0.6) is 11.5 Å². The number of aromatic nitrogens is 3. The maximum Gasteiger partial charge on any atom is 0.263 e. The van der Waals surface area contributed by atoms with Crippen LogP contribution in [0.3, 0.4) is 0 Å². The highest BCUT2D eigenvalue weighted by molar-refractivity contribution is 5.91. The van der Waals surface area contributed by atoms with Gasteiger partial charge in [-0.25, -0.2) is 4.39 Å². The predicted molar refractivity (Wildman–Crippen MR) is 115 cm³/mol. The van der Waals surface area contributed by atoms with Gasteiger partial charge >= 0.3 is 0 Å². The van der Waals surface area contributed by atoms with Crippen LogP contribution in [0.2, 0.25) is 0 Å². The highest BCUT2D eigenvalue weighted by Gasteiger charge is 2.17. The van der Waals surface area contributed by atoms with Gasteiger partial charge in [-0.05, 0) is 48.5 Å². The zero-order valence-electron chi connectivity index (χ0n) is 17.2. The van der Waals surface area contributed by atoms with Crippen molar-refractivity contribution in [3.8, 4) is 34.3 Å². The van der Waals surface area contributed by atoms with Crippen molar-refractivity contribution in [1.29, 1.82) is 0 Å². The number of carbonyl (C=O) groups is 1. The maximum absolute atomic E-state index is 13.1. The second-order valence-electron chi connectivity index (χ2n) is 7.19. The first-order valence-corrected chi connectivity index (χ1v) is 10.1. The average Bonchev–Trinajstić information content (AvgIpc) is 3.31. The molecule has 1 aliphatic heterocycles. The molecule has 0 fully saturated rings. The zero-order valence-corrected chi connectivity index (χ0v) is 17.2. The summed E-state index contributed by atoms with van der Waals surface area (Å²) in [6.07, 6.45) is 1.49. The van der Waals surface area contributed by atoms with E-state index >= 15 is 0 Å². The molecule has 1 amide bonds. The normalized spacial score (nSPS) is 12.4. The summed E-state index contributed by atoms with van der Waals surface area (Å²) >= 11 is 0. The molecule has 0 spiro atoms. The number of ether oxygens (including phenoxy) is 2. The van der Waals surface area contributed by atoms with E-state index < -0.39 is 11.5 Å². The molecule has 4 aromatic rings. The topological polar surface area (TPSA) is 108 Å². The van der Waals surface area contributed by atoms with Gasteiger partial charge < -0.3 is 23.9 Å². The lowest BCUT2D eigenvalue weighted by Crippen LogP contribution is -2.28. The summed E-state index contributed by atoms with van der Waals surface area (Å²) < 4.78 is 30.6. The maximum atomic E-state index is 13.1. The Balaban J connectivity index is 1.33. The van der Waals surface area contributed by atoms with Crippen molar-refractivity contribution in [3.63, 3.8) is 0 Å². The van der Waals surface area contributed by atoms with E-state index in [0.29, 0.717) is 36.0 Å². The van der Waals surface area contributed by atoms with Gasteiger partial charge in [0.1, 0.15) is 31.1 Å². The van der Waals surface area contributed by atoms with Gasteiger partial charge in [0.25, 0.3) is 11.4 Å². The van der Waals surface area contributed by atoms with Gasteiger partial charge in [-0.3, -0.25) is 9.59 Å². The van der Waals surface area contributed by atoms with Crippen LogP contribution < -0.4 is 20.3 Å². The molecule has 0 radical (unpaired) electrons. The molecule has 0 saturated heterocycles. The number of nitrogens with zero attached hydrogens (tertiary/aromatic N) is 3. The molecule has 3 heterocycles. The monoisotopic (exact) mass is 448 g/mol. The number of halogens is 1. The van der Waals surface area contributed by atoms with Gasteiger partial charge in [0.2, 0.25) is 11.7 Å². The fraction of sp³-hybridized carbons (Fsp3) is 0.130. The molecule has 1 N–H and O–H groups in total. The van der Waals surface area contributed by atoms with Gasteiger partial charge in [0, 0.05) is 23.5 Å². The third kappa shape index (κ3) is 4.31. The molecule has 9 nitrogen and oxygen atoms in total. The van der Waals surface area contributed by atoms with Crippen molar-refractivity contribution in [2.45, 2.75) is 6.54 Å². The number of benzene rings is 2. The standard InChI is InChI=1S/C23H17FN4O5/c24-15-5-3-14(4-6-15)21-26-22(33-27-21)17-2-1-9-28(23(17)30)13-20(29)25-16-7-8-18-19(12-16)32-11-10-31-18/h1-9,12H,10-11,13H2,(H,25,29). The van der Waals surface area contributed by atoms with E-state index in [1.165, 1.54) is 41.1 Å². The van der Waals surface area contributed by atoms with Crippen molar-refractivity contribution in [2.24, 2.45) is 0 Å². The van der Waals surface area contributed by atoms with Crippen LogP contribution in [0.25, 0.3) is 22.8 Å². The van der Waals surface area contributed by atoms with Crippen molar-refractivity contribution >= 4 is 11.6 Å². The Morgan fingerprint density at radius 3 is 2.67 bits per heavy atom. The average molecular weight is 448 g/mol. The van der Waals surface area contributed by atoms with Gasteiger partial charge in [0.15, 0.2) is 11.5 Å². The molecular formula is C23H17FN4O5. The molecule has 10 heteroatoms. The fourth-order valence-corrected chi connectivity index (χ4v) is 3.35. The Hall–Kier alpha value is -4.47. The van der Waals surface area contributed by atoms with Crippen molar-refractivity contribution < 1.29 is 23.2 Å². The largest absolute Gasteiger partial charge is 0.486 e. The minimum atomic E-state index is -0.468. The van der Waals surface area contributed by atoms with E-state index in [4.69, 9.17) is 14.0 Å². The molecule has 0 atom stereocenters. The second kappa shape index (κ2) is 8.58. The molecule has 33 heavy (non-hydrogen) atoms. The van der Waals surface area contributed by atoms with E-state index in [9.17, 15) is 14.0 Å². The zero-order chi connectivity index (χ0) is 22.8. The molecular weight excluding hydrogens is 431 g/mol. The van der Waals surface area contributed by atoms with E-state index in [1.807, 2.05) is 0 Å². The summed E-state index contributed by atoms with van der Waals surface area (Å²) in [6.45, 7) is 0.689. The number of carbonyl (C=O) groups excluding carboxylic acids is 1. The van der Waals surface area contributed by atoms with Crippen LogP contribution in [0.1, 0.15) is 0 Å². The van der Waals surface area contributed by atoms with Crippen LogP contribution in [-0.4, -0.2) is 33.8 Å². The molecule has 5 rings (SSSR count). The van der Waals surface area contributed by atoms with Gasteiger partial charge in [-0.1, -0.05) is 5.16 Å². The van der Waals surface area contributed by atoms with Crippen molar-refractivity contribution in [1.82, 2.24) is 14.7 Å². The van der Waals surface area contributed by atoms with Crippen LogP contribution in [0, 0.1) is 5.82 Å². The van der Waals surface area contributed by atoms with Crippen LogP contribution in [0.4, 0.5) is 10.1 Å². The number of anilines is 1. The summed E-state index contributed by atoms with van der Waals surface area (Å²) in [4.78, 5) is 29.7. The fourth-order valence-electron chi connectivity index (χ4n) is 3.35. The Bertz CT molecular complexity index is 1380. The summed E-state index contributed by atoms with van der Waals surface area (Å²) in [5.74, 6) is 0.595. The highest BCUT2D eigenvalue weighted by Crippen LogP contribution is 2.32. The number of hydrogen-bond acceptors (Lipinski definition) is 7. The summed E-state index contributed by atoms with van der Waals surface area (Å²) in [5.41, 5.74) is 0.741. The first-order valence-electron chi connectivity index (χ1n) is 10.1. The summed E-state index contributed by atoms with van der Waals surface area (Å²) in [6, 6.07) is 13.8. The Morgan fingerprint density at radius 2 is 1.85 bits per heavy atom. The van der Waals surface area contributed by atoms with Gasteiger partial charge in [-0.15, -0.1) is 0 Å². The first kappa shape index (κ1) is 20.4. The minimum absolute atomic E-state index is 0.000851. The SMILES string of the molecule is O=C(Cn1cccc(-c2nc(-c3ccc(F)cc3)no2)c1=O)Nc1ccc2c(c1)OCCO2. The Kier molecular flexibility index (Phi) is 5.31. The molecule has 2 aromatic carbocycles. The van der Waals surface area contributed by atoms with E-state index in [1.54, 1.807) is 24.3 Å². The number of rotatable bonds is 5. The van der Waals surface area contributed by atoms with Crippen LogP contribution in [-0.2, 0) is 11.3 Å². The Morgan fingerprint density at radius 1 is 1.06 bits per heavy atom.